The van der Waals surface area contributed by atoms with Gasteiger partial charge in [-0.2, -0.15) is 9.97 Å². The molecule has 3 rings (SSSR count). The van der Waals surface area contributed by atoms with Crippen LogP contribution in [0.1, 0.15) is 52.9 Å². The van der Waals surface area contributed by atoms with Crippen LogP contribution in [0.5, 0.6) is 0 Å². The predicted octanol–water partition coefficient (Wildman–Crippen LogP) is 3.65. The molecule has 0 saturated carbocycles. The van der Waals surface area contributed by atoms with Crippen LogP contribution in [0.4, 0.5) is 17.6 Å². The number of nitrogens with one attached hydrogen (secondary N) is 2. The van der Waals surface area contributed by atoms with E-state index in [0.29, 0.717) is 11.1 Å². The monoisotopic (exact) mass is 390 g/mol. The van der Waals surface area contributed by atoms with E-state index < -0.39 is 0 Å². The molecule has 0 aromatic carbocycles. The van der Waals surface area contributed by atoms with Crippen LogP contribution in [-0.2, 0) is 0 Å². The first-order valence-corrected chi connectivity index (χ1v) is 10.9. The molecular formula is C20H34N6S. The molecule has 1 aromatic rings. The molecule has 0 amide bonds. The Morgan fingerprint density at radius 3 is 1.93 bits per heavy atom. The predicted molar refractivity (Wildman–Crippen MR) is 118 cm³/mol. The molecule has 3 heterocycles. The van der Waals surface area contributed by atoms with Crippen molar-refractivity contribution in [1.82, 2.24) is 15.3 Å². The zero-order valence-electron chi connectivity index (χ0n) is 17.0. The Kier molecular flexibility index (Phi) is 7.10. The van der Waals surface area contributed by atoms with Crippen LogP contribution in [0, 0.1) is 11.8 Å². The summed E-state index contributed by atoms with van der Waals surface area (Å²) in [5.74, 6) is 4.25. The van der Waals surface area contributed by atoms with E-state index in [1.165, 1.54) is 25.7 Å². The minimum atomic E-state index is 0.597. The van der Waals surface area contributed by atoms with Gasteiger partial charge in [-0.25, -0.2) is 0 Å². The third kappa shape index (κ3) is 5.67. The van der Waals surface area contributed by atoms with Gasteiger partial charge in [0.1, 0.15) is 11.6 Å². The number of rotatable bonds is 5. The molecule has 0 radical (unpaired) electrons. The third-order valence-corrected chi connectivity index (χ3v) is 5.92. The van der Waals surface area contributed by atoms with Gasteiger partial charge in [0.15, 0.2) is 5.11 Å². The van der Waals surface area contributed by atoms with E-state index in [0.717, 1.165) is 62.6 Å². The Morgan fingerprint density at radius 1 is 1.00 bits per heavy atom. The SMILES string of the molecule is CCCNC(=S)Nc1nc(N2CCC(C)CC2)cc(N2CCC(C)CC2)n1. The van der Waals surface area contributed by atoms with Gasteiger partial charge in [0.05, 0.1) is 0 Å². The number of hydrogen-bond acceptors (Lipinski definition) is 5. The molecule has 0 spiro atoms. The fraction of sp³-hybridized carbons (Fsp3) is 0.750. The lowest BCUT2D eigenvalue weighted by molar-refractivity contribution is 0.433. The fourth-order valence-corrected chi connectivity index (χ4v) is 3.85. The van der Waals surface area contributed by atoms with E-state index in [2.05, 4.69) is 47.3 Å². The number of hydrogen-bond donors (Lipinski definition) is 2. The normalized spacial score (nSPS) is 19.2. The number of nitrogens with zero attached hydrogens (tertiary/aromatic N) is 4. The summed E-state index contributed by atoms with van der Waals surface area (Å²) in [6.45, 7) is 11.9. The van der Waals surface area contributed by atoms with Crippen molar-refractivity contribution in [2.75, 3.05) is 47.8 Å². The minimum absolute atomic E-state index is 0.597. The van der Waals surface area contributed by atoms with E-state index >= 15 is 0 Å². The van der Waals surface area contributed by atoms with E-state index in [4.69, 9.17) is 22.2 Å². The molecule has 2 fully saturated rings. The van der Waals surface area contributed by atoms with Gasteiger partial charge < -0.3 is 20.4 Å². The number of aromatic nitrogens is 2. The first kappa shape index (κ1) is 20.1. The zero-order chi connectivity index (χ0) is 19.2. The summed E-state index contributed by atoms with van der Waals surface area (Å²) < 4.78 is 0. The molecule has 2 aliphatic heterocycles. The van der Waals surface area contributed by atoms with Crippen molar-refractivity contribution in [3.8, 4) is 0 Å². The van der Waals surface area contributed by atoms with Crippen LogP contribution in [0.3, 0.4) is 0 Å². The molecule has 0 unspecified atom stereocenters. The van der Waals surface area contributed by atoms with Gasteiger partial charge in [0.25, 0.3) is 0 Å². The topological polar surface area (TPSA) is 56.3 Å². The van der Waals surface area contributed by atoms with Gasteiger partial charge in [-0.3, -0.25) is 0 Å². The second-order valence-electron chi connectivity index (χ2n) is 8.13. The van der Waals surface area contributed by atoms with Gasteiger partial charge in [0, 0.05) is 38.8 Å². The molecule has 2 saturated heterocycles. The van der Waals surface area contributed by atoms with Crippen LogP contribution in [0.15, 0.2) is 6.07 Å². The average molecular weight is 391 g/mol. The highest BCUT2D eigenvalue weighted by atomic mass is 32.1. The molecule has 0 atom stereocenters. The largest absolute Gasteiger partial charge is 0.362 e. The van der Waals surface area contributed by atoms with Crippen molar-refractivity contribution < 1.29 is 0 Å². The van der Waals surface area contributed by atoms with Crippen LogP contribution in [0.2, 0.25) is 0 Å². The Labute approximate surface area is 169 Å². The lowest BCUT2D eigenvalue weighted by atomic mass is 9.99. The maximum Gasteiger partial charge on any atom is 0.232 e. The van der Waals surface area contributed by atoms with Crippen molar-refractivity contribution >= 4 is 34.9 Å². The number of anilines is 3. The molecule has 0 bridgehead atoms. The second-order valence-corrected chi connectivity index (χ2v) is 8.54. The maximum absolute atomic E-state index is 5.40. The van der Waals surface area contributed by atoms with Crippen LogP contribution in [0.25, 0.3) is 0 Å². The van der Waals surface area contributed by atoms with Crippen LogP contribution in [-0.4, -0.2) is 47.8 Å². The van der Waals surface area contributed by atoms with Gasteiger partial charge in [0.2, 0.25) is 5.95 Å². The number of thiocarbonyl (C=S) groups is 1. The quantitative estimate of drug-likeness (QED) is 0.744. The summed E-state index contributed by atoms with van der Waals surface area (Å²) in [5.41, 5.74) is 0. The Bertz CT molecular complexity index is 581. The molecule has 150 valence electrons. The standard InChI is InChI=1S/C20H34N6S/c1-4-9-21-20(27)24-19-22-17(25-10-5-15(2)6-11-25)14-18(23-19)26-12-7-16(3)8-13-26/h14-16H,4-13H2,1-3H3,(H2,21,22,23,24,27). The average Bonchev–Trinajstić information content (AvgIpc) is 2.67. The third-order valence-electron chi connectivity index (χ3n) is 5.68. The summed E-state index contributed by atoms with van der Waals surface area (Å²) in [4.78, 5) is 14.4. The van der Waals surface area contributed by atoms with E-state index in [1.54, 1.807) is 0 Å². The highest BCUT2D eigenvalue weighted by Crippen LogP contribution is 2.28. The molecular weight excluding hydrogens is 356 g/mol. The number of piperidine rings is 2. The van der Waals surface area contributed by atoms with Crippen molar-refractivity contribution in [2.24, 2.45) is 11.8 Å². The molecule has 2 aliphatic rings. The molecule has 27 heavy (non-hydrogen) atoms. The highest BCUT2D eigenvalue weighted by molar-refractivity contribution is 7.80. The summed E-state index contributed by atoms with van der Waals surface area (Å²) in [6.07, 6.45) is 5.92. The van der Waals surface area contributed by atoms with Crippen LogP contribution >= 0.6 is 12.2 Å². The summed E-state index contributed by atoms with van der Waals surface area (Å²) >= 11 is 5.40. The first-order valence-electron chi connectivity index (χ1n) is 10.5. The Hall–Kier alpha value is -1.63. The van der Waals surface area contributed by atoms with E-state index in [9.17, 15) is 0 Å². The van der Waals surface area contributed by atoms with Crippen LogP contribution < -0.4 is 20.4 Å². The smallest absolute Gasteiger partial charge is 0.232 e. The molecule has 1 aromatic heterocycles. The minimum Gasteiger partial charge on any atom is -0.362 e. The Morgan fingerprint density at radius 2 is 1.48 bits per heavy atom. The van der Waals surface area contributed by atoms with Crippen molar-refractivity contribution in [2.45, 2.75) is 52.9 Å². The molecule has 6 nitrogen and oxygen atoms in total. The lowest BCUT2D eigenvalue weighted by Gasteiger charge is -2.34. The van der Waals surface area contributed by atoms with E-state index in [1.807, 2.05) is 0 Å². The molecule has 2 N–H and O–H groups in total. The van der Waals surface area contributed by atoms with Crippen molar-refractivity contribution in [1.29, 1.82) is 0 Å². The van der Waals surface area contributed by atoms with Crippen molar-refractivity contribution in [3.63, 3.8) is 0 Å². The Balaban J connectivity index is 1.79. The first-order chi connectivity index (χ1) is 13.0. The molecule has 0 aliphatic carbocycles. The lowest BCUT2D eigenvalue weighted by Crippen LogP contribution is -2.36. The fourth-order valence-electron chi connectivity index (χ4n) is 3.66. The summed E-state index contributed by atoms with van der Waals surface area (Å²) in [7, 11) is 0. The van der Waals surface area contributed by atoms with E-state index in [-0.39, 0.29) is 0 Å². The van der Waals surface area contributed by atoms with Crippen molar-refractivity contribution in [3.05, 3.63) is 6.07 Å². The highest BCUT2D eigenvalue weighted by Gasteiger charge is 2.22. The van der Waals surface area contributed by atoms with Gasteiger partial charge in [-0.1, -0.05) is 20.8 Å². The van der Waals surface area contributed by atoms with Gasteiger partial charge in [-0.05, 0) is 56.2 Å². The summed E-state index contributed by atoms with van der Waals surface area (Å²) in [6, 6.07) is 2.17. The maximum atomic E-state index is 5.40. The van der Waals surface area contributed by atoms with Gasteiger partial charge in [-0.15, -0.1) is 0 Å². The van der Waals surface area contributed by atoms with Gasteiger partial charge >= 0.3 is 0 Å². The second kappa shape index (κ2) is 9.53. The molecule has 7 heteroatoms. The zero-order valence-corrected chi connectivity index (χ0v) is 17.8. The summed E-state index contributed by atoms with van der Waals surface area (Å²) in [5, 5.41) is 7.00.